The quantitative estimate of drug-likeness (QED) is 0.831. The Balaban J connectivity index is 2.10. The monoisotopic (exact) mass is 304 g/mol. The van der Waals surface area contributed by atoms with Crippen molar-refractivity contribution < 1.29 is 0 Å². The largest absolute Gasteiger partial charge is 0.338 e. The van der Waals surface area contributed by atoms with Gasteiger partial charge in [0.25, 0.3) is 0 Å². The Morgan fingerprint density at radius 1 is 1.29 bits per heavy atom. The highest BCUT2D eigenvalue weighted by molar-refractivity contribution is 6.33. The van der Waals surface area contributed by atoms with E-state index < -0.39 is 0 Å². The van der Waals surface area contributed by atoms with Crippen LogP contribution in [0.5, 0.6) is 0 Å². The molecule has 0 bridgehead atoms. The summed E-state index contributed by atoms with van der Waals surface area (Å²) < 4.78 is 0. The van der Waals surface area contributed by atoms with E-state index in [1.54, 1.807) is 12.4 Å². The predicted octanol–water partition coefficient (Wildman–Crippen LogP) is 4.37. The van der Waals surface area contributed by atoms with Crippen LogP contribution >= 0.6 is 11.6 Å². The maximum atomic E-state index is 6.29. The lowest BCUT2D eigenvalue weighted by atomic mass is 10.0. The van der Waals surface area contributed by atoms with Crippen LogP contribution in [0.1, 0.15) is 43.5 Å². The first-order chi connectivity index (χ1) is 10.1. The van der Waals surface area contributed by atoms with Crippen molar-refractivity contribution in [3.63, 3.8) is 0 Å². The Kier molecular flexibility index (Phi) is 5.53. The van der Waals surface area contributed by atoms with Crippen LogP contribution in [-0.4, -0.2) is 9.97 Å². The molecule has 0 radical (unpaired) electrons. The SMILES string of the molecule is CCCC[C@@H](N)c1cnc(Nc2ccc(C)nc2)c(Cl)c1. The van der Waals surface area contributed by atoms with Crippen LogP contribution in [-0.2, 0) is 0 Å². The summed E-state index contributed by atoms with van der Waals surface area (Å²) in [7, 11) is 0. The second-order valence-corrected chi connectivity index (χ2v) is 5.57. The highest BCUT2D eigenvalue weighted by atomic mass is 35.5. The third-order valence-corrected chi connectivity index (χ3v) is 3.62. The van der Waals surface area contributed by atoms with E-state index >= 15 is 0 Å². The molecule has 0 fully saturated rings. The average molecular weight is 305 g/mol. The van der Waals surface area contributed by atoms with Crippen LogP contribution in [0.25, 0.3) is 0 Å². The van der Waals surface area contributed by atoms with E-state index in [0.29, 0.717) is 10.8 Å². The van der Waals surface area contributed by atoms with E-state index in [0.717, 1.165) is 36.2 Å². The molecule has 2 heterocycles. The summed E-state index contributed by atoms with van der Waals surface area (Å²) in [5, 5.41) is 3.73. The number of aromatic nitrogens is 2. The highest BCUT2D eigenvalue weighted by Crippen LogP contribution is 2.26. The zero-order valence-electron chi connectivity index (χ0n) is 12.4. The molecule has 3 N–H and O–H groups in total. The molecular weight excluding hydrogens is 284 g/mol. The molecule has 0 aliphatic carbocycles. The van der Waals surface area contributed by atoms with Crippen molar-refractivity contribution in [1.29, 1.82) is 0 Å². The van der Waals surface area contributed by atoms with Gasteiger partial charge >= 0.3 is 0 Å². The van der Waals surface area contributed by atoms with Gasteiger partial charge in [-0.1, -0.05) is 31.4 Å². The molecule has 5 heteroatoms. The van der Waals surface area contributed by atoms with Crippen molar-refractivity contribution in [2.45, 2.75) is 39.2 Å². The van der Waals surface area contributed by atoms with Crippen molar-refractivity contribution in [2.24, 2.45) is 5.73 Å². The zero-order chi connectivity index (χ0) is 15.2. The molecule has 0 unspecified atom stereocenters. The van der Waals surface area contributed by atoms with Gasteiger partial charge < -0.3 is 11.1 Å². The van der Waals surface area contributed by atoms with Crippen LogP contribution < -0.4 is 11.1 Å². The normalized spacial score (nSPS) is 12.2. The maximum absolute atomic E-state index is 6.29. The number of hydrogen-bond acceptors (Lipinski definition) is 4. The molecule has 2 aromatic rings. The second-order valence-electron chi connectivity index (χ2n) is 5.16. The van der Waals surface area contributed by atoms with Gasteiger partial charge in [-0.25, -0.2) is 4.98 Å². The lowest BCUT2D eigenvalue weighted by Crippen LogP contribution is -2.10. The Morgan fingerprint density at radius 3 is 2.71 bits per heavy atom. The number of anilines is 2. The summed E-state index contributed by atoms with van der Waals surface area (Å²) >= 11 is 6.29. The number of hydrogen-bond donors (Lipinski definition) is 2. The molecule has 1 atom stereocenters. The molecule has 112 valence electrons. The number of pyridine rings is 2. The summed E-state index contributed by atoms with van der Waals surface area (Å²) in [4.78, 5) is 8.61. The molecular formula is C16H21ClN4. The predicted molar refractivity (Wildman–Crippen MR) is 88.0 cm³/mol. The number of unbranched alkanes of at least 4 members (excludes halogenated alkanes) is 1. The van der Waals surface area contributed by atoms with Crippen LogP contribution in [0.3, 0.4) is 0 Å². The summed E-state index contributed by atoms with van der Waals surface area (Å²) in [6, 6.07) is 5.76. The van der Waals surface area contributed by atoms with Gasteiger partial charge in [-0.15, -0.1) is 0 Å². The standard InChI is InChI=1S/C16H21ClN4/c1-3-4-5-15(18)12-8-14(17)16(20-9-12)21-13-7-6-11(2)19-10-13/h6-10,15H,3-5,18H2,1-2H3,(H,20,21)/t15-/m1/s1. The Morgan fingerprint density at radius 2 is 2.10 bits per heavy atom. The smallest absolute Gasteiger partial charge is 0.149 e. The fourth-order valence-electron chi connectivity index (χ4n) is 2.02. The third kappa shape index (κ3) is 4.41. The average Bonchev–Trinajstić information content (AvgIpc) is 2.49. The van der Waals surface area contributed by atoms with Gasteiger partial charge in [0.05, 0.1) is 16.9 Å². The molecule has 0 aliphatic heterocycles. The van der Waals surface area contributed by atoms with Crippen LogP contribution in [0, 0.1) is 6.92 Å². The van der Waals surface area contributed by atoms with E-state index in [1.165, 1.54) is 0 Å². The Hall–Kier alpha value is -1.65. The third-order valence-electron chi connectivity index (χ3n) is 3.33. The fourth-order valence-corrected chi connectivity index (χ4v) is 2.24. The van der Waals surface area contributed by atoms with Crippen LogP contribution in [0.4, 0.5) is 11.5 Å². The molecule has 0 aromatic carbocycles. The second kappa shape index (κ2) is 7.38. The first-order valence-corrected chi connectivity index (χ1v) is 7.58. The van der Waals surface area contributed by atoms with Gasteiger partial charge in [-0.2, -0.15) is 0 Å². The number of halogens is 1. The Labute approximate surface area is 130 Å². The summed E-state index contributed by atoms with van der Waals surface area (Å²) in [6.45, 7) is 4.10. The summed E-state index contributed by atoms with van der Waals surface area (Å²) in [5.74, 6) is 0.619. The van der Waals surface area contributed by atoms with Crippen molar-refractivity contribution in [2.75, 3.05) is 5.32 Å². The highest BCUT2D eigenvalue weighted by Gasteiger charge is 2.10. The topological polar surface area (TPSA) is 63.8 Å². The van der Waals surface area contributed by atoms with Crippen molar-refractivity contribution in [1.82, 2.24) is 9.97 Å². The van der Waals surface area contributed by atoms with Crippen molar-refractivity contribution in [3.8, 4) is 0 Å². The molecule has 0 amide bonds. The molecule has 0 spiro atoms. The molecule has 2 rings (SSSR count). The van der Waals surface area contributed by atoms with Crippen LogP contribution in [0.15, 0.2) is 30.6 Å². The first-order valence-electron chi connectivity index (χ1n) is 7.21. The number of nitrogens with two attached hydrogens (primary N) is 1. The lowest BCUT2D eigenvalue weighted by molar-refractivity contribution is 0.602. The number of aryl methyl sites for hydroxylation is 1. The summed E-state index contributed by atoms with van der Waals surface area (Å²) in [5.41, 5.74) is 8.94. The lowest BCUT2D eigenvalue weighted by Gasteiger charge is -2.13. The number of rotatable bonds is 6. The minimum absolute atomic E-state index is 0.00922. The van der Waals surface area contributed by atoms with E-state index in [1.807, 2.05) is 25.1 Å². The van der Waals surface area contributed by atoms with E-state index in [9.17, 15) is 0 Å². The molecule has 0 saturated heterocycles. The van der Waals surface area contributed by atoms with Gasteiger partial charge in [0.2, 0.25) is 0 Å². The van der Waals surface area contributed by atoms with Gasteiger partial charge in [-0.05, 0) is 37.1 Å². The molecule has 0 aliphatic rings. The molecule has 4 nitrogen and oxygen atoms in total. The molecule has 21 heavy (non-hydrogen) atoms. The van der Waals surface area contributed by atoms with Gasteiger partial charge in [0.1, 0.15) is 5.82 Å². The minimum atomic E-state index is -0.00922. The van der Waals surface area contributed by atoms with E-state index in [4.69, 9.17) is 17.3 Å². The molecule has 0 saturated carbocycles. The molecule has 2 aromatic heterocycles. The first kappa shape index (κ1) is 15.7. The van der Waals surface area contributed by atoms with Gasteiger partial charge in [0.15, 0.2) is 0 Å². The zero-order valence-corrected chi connectivity index (χ0v) is 13.2. The number of nitrogens with one attached hydrogen (secondary N) is 1. The fraction of sp³-hybridized carbons (Fsp3) is 0.375. The Bertz CT molecular complexity index is 583. The maximum Gasteiger partial charge on any atom is 0.149 e. The minimum Gasteiger partial charge on any atom is -0.338 e. The number of nitrogens with zero attached hydrogens (tertiary/aromatic N) is 2. The van der Waals surface area contributed by atoms with Gasteiger partial charge in [-0.3, -0.25) is 4.98 Å². The van der Waals surface area contributed by atoms with Crippen molar-refractivity contribution in [3.05, 3.63) is 46.9 Å². The van der Waals surface area contributed by atoms with Gasteiger partial charge in [0, 0.05) is 17.9 Å². The van der Waals surface area contributed by atoms with E-state index in [-0.39, 0.29) is 6.04 Å². The summed E-state index contributed by atoms with van der Waals surface area (Å²) in [6.07, 6.45) is 6.73. The van der Waals surface area contributed by atoms with E-state index in [2.05, 4.69) is 22.2 Å². The van der Waals surface area contributed by atoms with Crippen molar-refractivity contribution >= 4 is 23.1 Å². The van der Waals surface area contributed by atoms with Crippen LogP contribution in [0.2, 0.25) is 5.02 Å².